The van der Waals surface area contributed by atoms with Gasteiger partial charge >= 0.3 is 0 Å². The fourth-order valence-electron chi connectivity index (χ4n) is 5.04. The van der Waals surface area contributed by atoms with Crippen molar-refractivity contribution < 1.29 is 4.74 Å². The fourth-order valence-corrected chi connectivity index (χ4v) is 5.04. The van der Waals surface area contributed by atoms with Gasteiger partial charge in [0.2, 0.25) is 0 Å². The van der Waals surface area contributed by atoms with Crippen LogP contribution in [0.4, 0.5) is 0 Å². The molecule has 0 heterocycles. The fraction of sp³-hybridized carbons (Fsp3) is 1.00. The van der Waals surface area contributed by atoms with Gasteiger partial charge in [-0.3, -0.25) is 0 Å². The van der Waals surface area contributed by atoms with Crippen molar-refractivity contribution >= 4 is 0 Å². The van der Waals surface area contributed by atoms with Crippen LogP contribution in [-0.4, -0.2) is 13.2 Å². The van der Waals surface area contributed by atoms with Crippen molar-refractivity contribution in [1.29, 1.82) is 0 Å². The van der Waals surface area contributed by atoms with Crippen molar-refractivity contribution in [2.24, 2.45) is 11.8 Å². The zero-order valence-corrected chi connectivity index (χ0v) is 17.1. The third kappa shape index (κ3) is 11.3. The van der Waals surface area contributed by atoms with Gasteiger partial charge < -0.3 is 4.74 Å². The third-order valence-corrected chi connectivity index (χ3v) is 6.75. The number of unbranched alkanes of at least 4 members (excludes halogenated alkanes) is 2. The third-order valence-electron chi connectivity index (χ3n) is 6.75. The van der Waals surface area contributed by atoms with E-state index in [1.54, 1.807) is 0 Å². The van der Waals surface area contributed by atoms with Gasteiger partial charge in [-0.25, -0.2) is 0 Å². The smallest absolute Gasteiger partial charge is 0.0466 e. The lowest BCUT2D eigenvalue weighted by molar-refractivity contribution is 0.123. The average Bonchev–Trinajstić information content (AvgIpc) is 2.56. The summed E-state index contributed by atoms with van der Waals surface area (Å²) in [5.74, 6) is 2.06. The second-order valence-electron chi connectivity index (χ2n) is 9.03. The molecular weight excluding hydrogens is 304 g/mol. The largest absolute Gasteiger partial charge is 0.381 e. The van der Waals surface area contributed by atoms with Gasteiger partial charge in [-0.1, -0.05) is 116 Å². The van der Waals surface area contributed by atoms with Gasteiger partial charge in [0.15, 0.2) is 0 Å². The molecule has 25 heavy (non-hydrogen) atoms. The zero-order valence-electron chi connectivity index (χ0n) is 17.1. The molecule has 2 rings (SSSR count). The molecule has 1 heteroatoms. The van der Waals surface area contributed by atoms with Crippen LogP contribution >= 0.6 is 0 Å². The molecule has 0 aliphatic heterocycles. The Morgan fingerprint density at radius 2 is 0.800 bits per heavy atom. The molecule has 2 aliphatic carbocycles. The van der Waals surface area contributed by atoms with Crippen molar-refractivity contribution in [3.63, 3.8) is 0 Å². The monoisotopic (exact) mass is 350 g/mol. The molecule has 0 atom stereocenters. The molecule has 0 spiro atoms. The van der Waals surface area contributed by atoms with Crippen LogP contribution in [0.15, 0.2) is 0 Å². The highest BCUT2D eigenvalue weighted by molar-refractivity contribution is 4.65. The maximum Gasteiger partial charge on any atom is 0.0466 e. The van der Waals surface area contributed by atoms with Crippen LogP contribution in [0.3, 0.4) is 0 Å². The van der Waals surface area contributed by atoms with Gasteiger partial charge in [0.25, 0.3) is 0 Å². The van der Waals surface area contributed by atoms with Gasteiger partial charge in [0, 0.05) is 13.2 Å². The zero-order chi connectivity index (χ0) is 17.4. The molecule has 1 nitrogen and oxygen atoms in total. The maximum atomic E-state index is 5.90. The molecule has 0 saturated heterocycles. The van der Waals surface area contributed by atoms with Gasteiger partial charge in [-0.15, -0.1) is 0 Å². The van der Waals surface area contributed by atoms with Crippen LogP contribution in [0.25, 0.3) is 0 Å². The van der Waals surface area contributed by atoms with E-state index in [-0.39, 0.29) is 0 Å². The van der Waals surface area contributed by atoms with E-state index in [0.717, 1.165) is 25.0 Å². The summed E-state index contributed by atoms with van der Waals surface area (Å²) < 4.78 is 5.90. The molecule has 2 fully saturated rings. The van der Waals surface area contributed by atoms with E-state index in [1.165, 1.54) is 128 Å². The first-order valence-corrected chi connectivity index (χ1v) is 12.0. The second kappa shape index (κ2) is 15.1. The minimum Gasteiger partial charge on any atom is -0.381 e. The van der Waals surface area contributed by atoms with Crippen molar-refractivity contribution in [3.05, 3.63) is 0 Å². The lowest BCUT2D eigenvalue weighted by Gasteiger charge is -2.19. The molecule has 0 radical (unpaired) electrons. The molecule has 0 N–H and O–H groups in total. The van der Waals surface area contributed by atoms with E-state index in [1.807, 2.05) is 0 Å². The highest BCUT2D eigenvalue weighted by atomic mass is 16.5. The Hall–Kier alpha value is -0.0400. The Morgan fingerprint density at radius 1 is 0.440 bits per heavy atom. The minimum absolute atomic E-state index is 1.01. The van der Waals surface area contributed by atoms with Gasteiger partial charge in [-0.05, 0) is 24.7 Å². The van der Waals surface area contributed by atoms with Crippen LogP contribution in [0.5, 0.6) is 0 Å². The Morgan fingerprint density at radius 3 is 1.20 bits per heavy atom. The van der Waals surface area contributed by atoms with Crippen LogP contribution in [-0.2, 0) is 4.74 Å². The van der Waals surface area contributed by atoms with E-state index >= 15 is 0 Å². The molecule has 0 aromatic heterocycles. The Bertz CT molecular complexity index is 244. The Kier molecular flexibility index (Phi) is 12.8. The number of ether oxygens (including phenoxy) is 1. The predicted octanol–water partition coefficient (Wildman–Crippen LogP) is 8.06. The van der Waals surface area contributed by atoms with Crippen LogP contribution in [0, 0.1) is 11.8 Å². The Balaban J connectivity index is 1.35. The molecule has 0 aromatic carbocycles. The standard InChI is InChI=1S/C24H46O/c1-3-7-15-23(16-8-4-1)19-11-13-21-25-22-14-12-20-24-17-9-5-2-6-10-18-24/h23-24H,1-22H2. The molecule has 2 aliphatic rings. The van der Waals surface area contributed by atoms with Crippen molar-refractivity contribution in [3.8, 4) is 0 Å². The summed E-state index contributed by atoms with van der Waals surface area (Å²) in [5.41, 5.74) is 0. The summed E-state index contributed by atoms with van der Waals surface area (Å²) in [4.78, 5) is 0. The maximum absolute atomic E-state index is 5.90. The lowest BCUT2D eigenvalue weighted by Crippen LogP contribution is -2.06. The van der Waals surface area contributed by atoms with Crippen LogP contribution < -0.4 is 0 Å². The van der Waals surface area contributed by atoms with E-state index in [2.05, 4.69) is 0 Å². The number of rotatable bonds is 10. The van der Waals surface area contributed by atoms with Crippen molar-refractivity contribution in [2.45, 2.75) is 128 Å². The first-order chi connectivity index (χ1) is 12.4. The SMILES string of the molecule is C1CCCC(CCCCOCCCCC2CCCCCCC2)CCC1. The molecular formula is C24H46O. The Labute approximate surface area is 158 Å². The highest BCUT2D eigenvalue weighted by Crippen LogP contribution is 2.27. The molecule has 0 aromatic rings. The van der Waals surface area contributed by atoms with Gasteiger partial charge in [0.1, 0.15) is 0 Å². The van der Waals surface area contributed by atoms with Crippen molar-refractivity contribution in [1.82, 2.24) is 0 Å². The van der Waals surface area contributed by atoms with E-state index in [0.29, 0.717) is 0 Å². The topological polar surface area (TPSA) is 9.23 Å². The van der Waals surface area contributed by atoms with E-state index < -0.39 is 0 Å². The average molecular weight is 351 g/mol. The summed E-state index contributed by atoms with van der Waals surface area (Å²) >= 11 is 0. The molecule has 2 saturated carbocycles. The van der Waals surface area contributed by atoms with E-state index in [4.69, 9.17) is 4.74 Å². The van der Waals surface area contributed by atoms with Gasteiger partial charge in [-0.2, -0.15) is 0 Å². The quantitative estimate of drug-likeness (QED) is 0.362. The predicted molar refractivity (Wildman–Crippen MR) is 110 cm³/mol. The normalized spacial score (nSPS) is 22.1. The molecule has 0 unspecified atom stereocenters. The highest BCUT2D eigenvalue weighted by Gasteiger charge is 2.11. The van der Waals surface area contributed by atoms with Crippen LogP contribution in [0.2, 0.25) is 0 Å². The molecule has 0 amide bonds. The van der Waals surface area contributed by atoms with Gasteiger partial charge in [0.05, 0.1) is 0 Å². The summed E-state index contributed by atoms with van der Waals surface area (Å²) in [6, 6.07) is 0. The molecule has 0 bridgehead atoms. The van der Waals surface area contributed by atoms with Crippen LogP contribution in [0.1, 0.15) is 128 Å². The summed E-state index contributed by atoms with van der Waals surface area (Å²) in [7, 11) is 0. The number of hydrogen-bond acceptors (Lipinski definition) is 1. The minimum atomic E-state index is 1.01. The summed E-state index contributed by atoms with van der Waals surface area (Å²) in [6.07, 6.45) is 29.2. The van der Waals surface area contributed by atoms with Crippen molar-refractivity contribution in [2.75, 3.05) is 13.2 Å². The summed E-state index contributed by atoms with van der Waals surface area (Å²) in [6.45, 7) is 2.02. The summed E-state index contributed by atoms with van der Waals surface area (Å²) in [5, 5.41) is 0. The second-order valence-corrected chi connectivity index (χ2v) is 9.03. The number of hydrogen-bond donors (Lipinski definition) is 0. The first-order valence-electron chi connectivity index (χ1n) is 12.0. The lowest BCUT2D eigenvalue weighted by atomic mass is 9.87. The first kappa shape index (κ1) is 21.3. The van der Waals surface area contributed by atoms with E-state index in [9.17, 15) is 0 Å². The molecule has 148 valence electrons.